The van der Waals surface area contributed by atoms with Gasteiger partial charge in [0.2, 0.25) is 5.75 Å². The maximum Gasteiger partial charge on any atom is 0.316 e. The summed E-state index contributed by atoms with van der Waals surface area (Å²) in [5, 5.41) is 28.6. The molecule has 10 nitrogen and oxygen atoms in total. The summed E-state index contributed by atoms with van der Waals surface area (Å²) in [5.41, 5.74) is 2.10. The maximum atomic E-state index is 13.7. The topological polar surface area (TPSA) is 140 Å². The number of ether oxygens (including phenoxy) is 2. The van der Waals surface area contributed by atoms with Crippen LogP contribution in [0.1, 0.15) is 31.9 Å². The second-order valence-electron chi connectivity index (χ2n) is 8.26. The molecule has 2 aromatic rings. The Morgan fingerprint density at radius 1 is 1.26 bits per heavy atom. The predicted octanol–water partition coefficient (Wildman–Crippen LogP) is 3.93. The van der Waals surface area contributed by atoms with Crippen LogP contribution in [0.15, 0.2) is 47.7 Å². The van der Waals surface area contributed by atoms with E-state index in [4.69, 9.17) is 9.47 Å². The zero-order chi connectivity index (χ0) is 24.6. The number of hydrogen-bond acceptors (Lipinski definition) is 9. The molecule has 0 radical (unpaired) electrons. The minimum Gasteiger partial charge on any atom is -0.500 e. The van der Waals surface area contributed by atoms with E-state index in [1.807, 2.05) is 31.2 Å². The number of aromatic hydroxyl groups is 1. The largest absolute Gasteiger partial charge is 0.500 e. The van der Waals surface area contributed by atoms with Gasteiger partial charge in [0.05, 0.1) is 36.1 Å². The van der Waals surface area contributed by atoms with Crippen LogP contribution in [-0.4, -0.2) is 35.5 Å². The Morgan fingerprint density at radius 3 is 2.62 bits per heavy atom. The molecule has 178 valence electrons. The van der Waals surface area contributed by atoms with Gasteiger partial charge in [-0.3, -0.25) is 19.7 Å². The third-order valence-corrected chi connectivity index (χ3v) is 6.13. The number of methoxy groups -OCH3 is 1. The summed E-state index contributed by atoms with van der Waals surface area (Å²) < 4.78 is 10.3. The fourth-order valence-corrected chi connectivity index (χ4v) is 4.57. The van der Waals surface area contributed by atoms with Gasteiger partial charge in [0.25, 0.3) is 0 Å². The highest BCUT2D eigenvalue weighted by Crippen LogP contribution is 2.46. The maximum absolute atomic E-state index is 13.7. The highest BCUT2D eigenvalue weighted by Gasteiger charge is 2.44. The lowest BCUT2D eigenvalue weighted by Gasteiger charge is -2.32. The number of Topliss-reactive ketones (excluding diaryl/α,β-unsaturated/α-hetero) is 1. The molecule has 34 heavy (non-hydrogen) atoms. The van der Waals surface area contributed by atoms with Gasteiger partial charge in [-0.15, -0.1) is 0 Å². The molecule has 0 aromatic heterocycles. The summed E-state index contributed by atoms with van der Waals surface area (Å²) >= 11 is 0. The van der Waals surface area contributed by atoms with Crippen LogP contribution >= 0.6 is 0 Å². The van der Waals surface area contributed by atoms with Gasteiger partial charge >= 0.3 is 11.7 Å². The normalized spacial score (nSPS) is 21.4. The number of phenols is 1. The molecule has 0 unspecified atom stereocenters. The van der Waals surface area contributed by atoms with E-state index in [2.05, 4.69) is 10.6 Å². The molecule has 0 bridgehead atoms. The Labute approximate surface area is 195 Å². The average Bonchev–Trinajstić information content (AvgIpc) is 2.96. The van der Waals surface area contributed by atoms with Crippen LogP contribution in [0.25, 0.3) is 0 Å². The molecule has 0 saturated carbocycles. The number of nitro benzene ring substituents is 1. The van der Waals surface area contributed by atoms with Crippen molar-refractivity contribution in [1.82, 2.24) is 0 Å². The average molecular weight is 467 g/mol. The highest BCUT2D eigenvalue weighted by molar-refractivity contribution is 6.11. The number of nitrogens with zero attached hydrogens (tertiary/aromatic N) is 1. The van der Waals surface area contributed by atoms with E-state index in [0.717, 1.165) is 5.69 Å². The standard InChI is InChI=1S/C24H25N3O7/c1-4-34-18-11-13(10-17(22(18)28)27(31)32)21-20-16(25-14-7-5-6-8-15(14)26-21)9-12(2)19(23(20)29)24(30)33-3/h5-8,10-12,19,21,25-26,28H,4,9H2,1-3H3/t12-,19-,21+/m0/s1. The number of benzene rings is 2. The van der Waals surface area contributed by atoms with Crippen molar-refractivity contribution in [2.45, 2.75) is 26.3 Å². The zero-order valence-electron chi connectivity index (χ0n) is 19.0. The minimum absolute atomic E-state index is 0.0673. The van der Waals surface area contributed by atoms with E-state index in [0.29, 0.717) is 23.4 Å². The third kappa shape index (κ3) is 3.91. The number of nitro groups is 1. The van der Waals surface area contributed by atoms with Gasteiger partial charge in [0.1, 0.15) is 5.92 Å². The quantitative estimate of drug-likeness (QED) is 0.258. The summed E-state index contributed by atoms with van der Waals surface area (Å²) in [6.07, 6.45) is 0.395. The van der Waals surface area contributed by atoms with Crippen LogP contribution < -0.4 is 15.4 Å². The third-order valence-electron chi connectivity index (χ3n) is 6.13. The second kappa shape index (κ2) is 9.05. The van der Waals surface area contributed by atoms with Crippen LogP contribution in [0.3, 0.4) is 0 Å². The van der Waals surface area contributed by atoms with Crippen molar-refractivity contribution in [3.8, 4) is 11.5 Å². The van der Waals surface area contributed by atoms with E-state index >= 15 is 0 Å². The van der Waals surface area contributed by atoms with Crippen LogP contribution in [0.5, 0.6) is 11.5 Å². The molecule has 2 aromatic carbocycles. The van der Waals surface area contributed by atoms with E-state index < -0.39 is 40.1 Å². The van der Waals surface area contributed by atoms with Crippen LogP contribution in [0.4, 0.5) is 17.1 Å². The van der Waals surface area contributed by atoms with Crippen LogP contribution in [0.2, 0.25) is 0 Å². The number of para-hydroxylation sites is 2. The van der Waals surface area contributed by atoms with E-state index in [1.54, 1.807) is 6.92 Å². The molecular formula is C24H25N3O7. The zero-order valence-corrected chi connectivity index (χ0v) is 19.0. The highest BCUT2D eigenvalue weighted by atomic mass is 16.6. The summed E-state index contributed by atoms with van der Waals surface area (Å²) in [5.74, 6) is -3.03. The number of rotatable bonds is 5. The lowest BCUT2D eigenvalue weighted by molar-refractivity contribution is -0.386. The van der Waals surface area contributed by atoms with Gasteiger partial charge in [0.15, 0.2) is 11.5 Å². The number of allylic oxidation sites excluding steroid dienone is 1. The van der Waals surface area contributed by atoms with Crippen molar-refractivity contribution in [2.75, 3.05) is 24.4 Å². The summed E-state index contributed by atoms with van der Waals surface area (Å²) in [6, 6.07) is 9.17. The van der Waals surface area contributed by atoms with Crippen LogP contribution in [-0.2, 0) is 14.3 Å². The number of nitrogens with one attached hydrogen (secondary N) is 2. The Balaban J connectivity index is 1.94. The first-order valence-electron chi connectivity index (χ1n) is 10.9. The molecule has 2 aliphatic rings. The Morgan fingerprint density at radius 2 is 1.97 bits per heavy atom. The number of phenolic OH excluding ortho intramolecular Hbond substituents is 1. The fraction of sp³-hybridized carbons (Fsp3) is 0.333. The fourth-order valence-electron chi connectivity index (χ4n) is 4.57. The van der Waals surface area contributed by atoms with Crippen molar-refractivity contribution in [3.63, 3.8) is 0 Å². The molecule has 0 spiro atoms. The first-order valence-corrected chi connectivity index (χ1v) is 10.9. The Bertz CT molecular complexity index is 1210. The van der Waals surface area contributed by atoms with Crippen molar-refractivity contribution in [1.29, 1.82) is 0 Å². The molecule has 0 saturated heterocycles. The molecular weight excluding hydrogens is 442 g/mol. The van der Waals surface area contributed by atoms with E-state index in [-0.39, 0.29) is 23.8 Å². The molecule has 3 N–H and O–H groups in total. The SMILES string of the molecule is CCOc1cc([C@H]2Nc3ccccc3NC3=C2C(=O)[C@@H](C(=O)OC)[C@@H](C)C3)cc([N+](=O)[O-])c1O. The number of fused-ring (bicyclic) bond motifs is 1. The number of anilines is 2. The second-order valence-corrected chi connectivity index (χ2v) is 8.26. The van der Waals surface area contributed by atoms with E-state index in [1.165, 1.54) is 19.2 Å². The van der Waals surface area contributed by atoms with Crippen molar-refractivity contribution < 1.29 is 29.1 Å². The van der Waals surface area contributed by atoms with Gasteiger partial charge < -0.3 is 25.2 Å². The number of esters is 1. The van der Waals surface area contributed by atoms with Crippen molar-refractivity contribution in [2.24, 2.45) is 11.8 Å². The predicted molar refractivity (Wildman–Crippen MR) is 124 cm³/mol. The molecule has 10 heteroatoms. The number of hydrogen-bond donors (Lipinski definition) is 3. The van der Waals surface area contributed by atoms with Crippen molar-refractivity contribution >= 4 is 28.8 Å². The summed E-state index contributed by atoms with van der Waals surface area (Å²) in [6.45, 7) is 3.67. The number of carbonyl (C=O) groups excluding carboxylic acids is 2. The molecule has 0 amide bonds. The number of carbonyl (C=O) groups is 2. The lowest BCUT2D eigenvalue weighted by Crippen LogP contribution is -2.39. The monoisotopic (exact) mass is 467 g/mol. The van der Waals surface area contributed by atoms with Crippen molar-refractivity contribution in [3.05, 3.63) is 63.3 Å². The first kappa shape index (κ1) is 23.1. The lowest BCUT2D eigenvalue weighted by atomic mass is 9.74. The molecule has 3 atom stereocenters. The molecule has 1 aliphatic carbocycles. The molecule has 0 fully saturated rings. The van der Waals surface area contributed by atoms with Gasteiger partial charge in [-0.1, -0.05) is 19.1 Å². The van der Waals surface area contributed by atoms with Gasteiger partial charge in [-0.2, -0.15) is 0 Å². The Kier molecular flexibility index (Phi) is 6.14. The van der Waals surface area contributed by atoms with Crippen LogP contribution in [0, 0.1) is 22.0 Å². The summed E-state index contributed by atoms with van der Waals surface area (Å²) in [4.78, 5) is 37.1. The van der Waals surface area contributed by atoms with Gasteiger partial charge in [0, 0.05) is 17.3 Å². The molecule has 1 heterocycles. The summed E-state index contributed by atoms with van der Waals surface area (Å²) in [7, 11) is 1.24. The van der Waals surface area contributed by atoms with Gasteiger partial charge in [-0.05, 0) is 43.0 Å². The first-order chi connectivity index (χ1) is 16.3. The Hall–Kier alpha value is -4.08. The van der Waals surface area contributed by atoms with E-state index in [9.17, 15) is 24.8 Å². The molecule has 4 rings (SSSR count). The number of ketones is 1. The smallest absolute Gasteiger partial charge is 0.316 e. The minimum atomic E-state index is -1.01. The van der Waals surface area contributed by atoms with Gasteiger partial charge in [-0.25, -0.2) is 0 Å². The molecule has 1 aliphatic heterocycles.